The minimum Gasteiger partial charge on any atom is -0.0801 e. The maximum Gasteiger partial charge on any atom is 0.0320 e. The summed E-state index contributed by atoms with van der Waals surface area (Å²) < 4.78 is 0. The Hall–Kier alpha value is -2.08. The second-order valence-electron chi connectivity index (χ2n) is 5.62. The quantitative estimate of drug-likeness (QED) is 0.670. The SMILES string of the molecule is CCC1=C(C2c3ccccc3-c3ccccc32)CC=C1. The monoisotopic (exact) mass is 258 g/mol. The van der Waals surface area contributed by atoms with Crippen molar-refractivity contribution in [3.63, 3.8) is 0 Å². The Balaban J connectivity index is 1.97. The van der Waals surface area contributed by atoms with Crippen molar-refractivity contribution in [1.82, 2.24) is 0 Å². The first kappa shape index (κ1) is 11.7. The summed E-state index contributed by atoms with van der Waals surface area (Å²) in [6, 6.07) is 17.8. The Kier molecular flexibility index (Phi) is 2.63. The molecule has 2 aliphatic carbocycles. The largest absolute Gasteiger partial charge is 0.0801 e. The fourth-order valence-electron chi connectivity index (χ4n) is 3.75. The Morgan fingerprint density at radius 1 is 0.900 bits per heavy atom. The van der Waals surface area contributed by atoms with E-state index in [0.717, 1.165) is 12.8 Å². The smallest absolute Gasteiger partial charge is 0.0320 e. The van der Waals surface area contributed by atoms with E-state index in [2.05, 4.69) is 67.6 Å². The van der Waals surface area contributed by atoms with Crippen LogP contribution in [0.1, 0.15) is 36.8 Å². The van der Waals surface area contributed by atoms with Crippen molar-refractivity contribution >= 4 is 0 Å². The maximum absolute atomic E-state index is 2.32. The molecule has 0 heterocycles. The summed E-state index contributed by atoms with van der Waals surface area (Å²) in [4.78, 5) is 0. The van der Waals surface area contributed by atoms with E-state index < -0.39 is 0 Å². The molecule has 0 N–H and O–H groups in total. The number of benzene rings is 2. The van der Waals surface area contributed by atoms with Crippen LogP contribution in [-0.4, -0.2) is 0 Å². The van der Waals surface area contributed by atoms with Crippen molar-refractivity contribution in [3.05, 3.63) is 83.0 Å². The van der Waals surface area contributed by atoms with Gasteiger partial charge in [-0.2, -0.15) is 0 Å². The fraction of sp³-hybridized carbons (Fsp3) is 0.200. The van der Waals surface area contributed by atoms with Crippen LogP contribution in [-0.2, 0) is 0 Å². The summed E-state index contributed by atoms with van der Waals surface area (Å²) in [5, 5.41) is 0. The summed E-state index contributed by atoms with van der Waals surface area (Å²) in [5.74, 6) is 0.465. The van der Waals surface area contributed by atoms with Crippen LogP contribution in [0.4, 0.5) is 0 Å². The van der Waals surface area contributed by atoms with E-state index in [4.69, 9.17) is 0 Å². The molecule has 0 saturated carbocycles. The molecule has 0 nitrogen and oxygen atoms in total. The first-order valence-corrected chi connectivity index (χ1v) is 7.47. The van der Waals surface area contributed by atoms with E-state index in [-0.39, 0.29) is 0 Å². The first-order valence-electron chi connectivity index (χ1n) is 7.47. The zero-order chi connectivity index (χ0) is 13.5. The summed E-state index contributed by atoms with van der Waals surface area (Å²) in [5.41, 5.74) is 8.94. The topological polar surface area (TPSA) is 0 Å². The van der Waals surface area contributed by atoms with Gasteiger partial charge in [-0.25, -0.2) is 0 Å². The summed E-state index contributed by atoms with van der Waals surface area (Å²) >= 11 is 0. The van der Waals surface area contributed by atoms with Crippen molar-refractivity contribution in [1.29, 1.82) is 0 Å². The average molecular weight is 258 g/mol. The molecule has 0 unspecified atom stereocenters. The number of hydrogen-bond donors (Lipinski definition) is 0. The van der Waals surface area contributed by atoms with E-state index in [0.29, 0.717) is 5.92 Å². The van der Waals surface area contributed by atoms with Crippen molar-refractivity contribution in [2.24, 2.45) is 0 Å². The van der Waals surface area contributed by atoms with Gasteiger partial charge in [0.25, 0.3) is 0 Å². The van der Waals surface area contributed by atoms with Crippen LogP contribution in [0.3, 0.4) is 0 Å². The average Bonchev–Trinajstić information content (AvgIpc) is 3.08. The first-order chi connectivity index (χ1) is 9.90. The van der Waals surface area contributed by atoms with Gasteiger partial charge in [0.1, 0.15) is 0 Å². The van der Waals surface area contributed by atoms with Gasteiger partial charge in [-0.1, -0.05) is 73.2 Å². The molecule has 0 heteroatoms. The van der Waals surface area contributed by atoms with E-state index in [1.165, 1.54) is 27.8 Å². The van der Waals surface area contributed by atoms with Crippen molar-refractivity contribution < 1.29 is 0 Å². The van der Waals surface area contributed by atoms with Gasteiger partial charge in [0.15, 0.2) is 0 Å². The highest BCUT2D eigenvalue weighted by Crippen LogP contribution is 2.50. The van der Waals surface area contributed by atoms with Crippen molar-refractivity contribution in [3.8, 4) is 11.1 Å². The minimum atomic E-state index is 0.465. The molecule has 4 rings (SSSR count). The fourth-order valence-corrected chi connectivity index (χ4v) is 3.75. The van der Waals surface area contributed by atoms with E-state index in [1.807, 2.05) is 0 Å². The van der Waals surface area contributed by atoms with Crippen LogP contribution >= 0.6 is 0 Å². The van der Waals surface area contributed by atoms with Gasteiger partial charge in [-0.05, 0) is 40.7 Å². The highest BCUT2D eigenvalue weighted by molar-refractivity contribution is 5.80. The molecule has 20 heavy (non-hydrogen) atoms. The molecular formula is C20H18. The van der Waals surface area contributed by atoms with Gasteiger partial charge in [-0.3, -0.25) is 0 Å². The lowest BCUT2D eigenvalue weighted by molar-refractivity contribution is 0.918. The lowest BCUT2D eigenvalue weighted by Gasteiger charge is -2.17. The minimum absolute atomic E-state index is 0.465. The molecule has 2 aliphatic rings. The number of allylic oxidation sites excluding steroid dienone is 4. The zero-order valence-corrected chi connectivity index (χ0v) is 11.8. The molecule has 98 valence electrons. The van der Waals surface area contributed by atoms with Crippen LogP contribution < -0.4 is 0 Å². The summed E-state index contributed by atoms with van der Waals surface area (Å²) in [7, 11) is 0. The van der Waals surface area contributed by atoms with Gasteiger partial charge in [-0.15, -0.1) is 0 Å². The highest BCUT2D eigenvalue weighted by atomic mass is 14.3. The Morgan fingerprint density at radius 2 is 1.50 bits per heavy atom. The molecule has 0 aliphatic heterocycles. The summed E-state index contributed by atoms with van der Waals surface area (Å²) in [6.07, 6.45) is 6.87. The van der Waals surface area contributed by atoms with Crippen LogP contribution in [0.25, 0.3) is 11.1 Å². The predicted molar refractivity (Wildman–Crippen MR) is 84.8 cm³/mol. The van der Waals surface area contributed by atoms with Gasteiger partial charge in [0.05, 0.1) is 0 Å². The maximum atomic E-state index is 2.32. The molecular weight excluding hydrogens is 240 g/mol. The third-order valence-corrected chi connectivity index (χ3v) is 4.63. The Bertz CT molecular complexity index is 686. The van der Waals surface area contributed by atoms with Gasteiger partial charge in [0.2, 0.25) is 0 Å². The third-order valence-electron chi connectivity index (χ3n) is 4.63. The van der Waals surface area contributed by atoms with Gasteiger partial charge < -0.3 is 0 Å². The molecule has 0 bridgehead atoms. The molecule has 2 aromatic carbocycles. The molecule has 0 aromatic heterocycles. The molecule has 0 fully saturated rings. The Morgan fingerprint density at radius 3 is 2.10 bits per heavy atom. The molecule has 2 aromatic rings. The lowest BCUT2D eigenvalue weighted by Crippen LogP contribution is -2.01. The predicted octanol–water partition coefficient (Wildman–Crippen LogP) is 5.47. The second kappa shape index (κ2) is 4.49. The van der Waals surface area contributed by atoms with Crippen LogP contribution in [0, 0.1) is 0 Å². The number of hydrogen-bond acceptors (Lipinski definition) is 0. The standard InChI is InChI=1S/C20H18/c1-2-14-8-7-13-15(14)20-18-11-5-3-9-16(18)17-10-4-6-12-19(17)20/h3-12,20H,2,13H2,1H3. The van der Waals surface area contributed by atoms with E-state index >= 15 is 0 Å². The molecule has 0 spiro atoms. The van der Waals surface area contributed by atoms with Crippen molar-refractivity contribution in [2.45, 2.75) is 25.7 Å². The summed E-state index contributed by atoms with van der Waals surface area (Å²) in [6.45, 7) is 2.26. The third kappa shape index (κ3) is 1.54. The van der Waals surface area contributed by atoms with Gasteiger partial charge in [0, 0.05) is 5.92 Å². The molecule has 0 radical (unpaired) electrons. The van der Waals surface area contributed by atoms with Crippen LogP contribution in [0.15, 0.2) is 71.8 Å². The zero-order valence-electron chi connectivity index (χ0n) is 11.8. The lowest BCUT2D eigenvalue weighted by atomic mass is 9.86. The van der Waals surface area contributed by atoms with E-state index in [9.17, 15) is 0 Å². The molecule has 0 atom stereocenters. The molecule has 0 saturated heterocycles. The Labute approximate surface area is 120 Å². The normalized spacial score (nSPS) is 16.6. The molecule has 0 amide bonds. The van der Waals surface area contributed by atoms with Crippen molar-refractivity contribution in [2.75, 3.05) is 0 Å². The van der Waals surface area contributed by atoms with Gasteiger partial charge >= 0.3 is 0 Å². The second-order valence-corrected chi connectivity index (χ2v) is 5.62. The number of fused-ring (bicyclic) bond motifs is 3. The van der Waals surface area contributed by atoms with Crippen LogP contribution in [0.5, 0.6) is 0 Å². The van der Waals surface area contributed by atoms with Crippen LogP contribution in [0.2, 0.25) is 0 Å². The van der Waals surface area contributed by atoms with E-state index in [1.54, 1.807) is 5.57 Å². The number of rotatable bonds is 2. The highest BCUT2D eigenvalue weighted by Gasteiger charge is 2.31.